The normalized spacial score (nSPS) is 10.6. The van der Waals surface area contributed by atoms with E-state index < -0.39 is 22.3 Å². The third-order valence-corrected chi connectivity index (χ3v) is 5.23. The Hall–Kier alpha value is -4.99. The summed E-state index contributed by atoms with van der Waals surface area (Å²) in [6.45, 7) is 1.68. The number of ether oxygens (including phenoxy) is 3. The zero-order valence-electron chi connectivity index (χ0n) is 19.2. The Bertz CT molecular complexity index is 1540. The molecule has 0 aliphatic heterocycles. The molecule has 1 heterocycles. The maximum absolute atomic E-state index is 13.5. The summed E-state index contributed by atoms with van der Waals surface area (Å²) in [7, 11) is 1.44. The van der Waals surface area contributed by atoms with Crippen LogP contribution in [0.4, 0.5) is 5.69 Å². The molecular formula is C26H19NO9. The molecule has 0 aliphatic carbocycles. The fraction of sp³-hybridized carbons (Fsp3) is 0.115. The Morgan fingerprint density at radius 1 is 1.00 bits per heavy atom. The van der Waals surface area contributed by atoms with Crippen molar-refractivity contribution in [1.29, 1.82) is 0 Å². The average Bonchev–Trinajstić information content (AvgIpc) is 2.88. The molecule has 0 unspecified atom stereocenters. The number of hydrogen-bond donors (Lipinski definition) is 0. The number of hydrogen-bond acceptors (Lipinski definition) is 9. The maximum atomic E-state index is 13.5. The second-order valence-corrected chi connectivity index (χ2v) is 7.41. The van der Waals surface area contributed by atoms with Crippen molar-refractivity contribution in [2.24, 2.45) is 0 Å². The van der Waals surface area contributed by atoms with E-state index in [1.165, 1.54) is 49.6 Å². The molecule has 0 atom stereocenters. The summed E-state index contributed by atoms with van der Waals surface area (Å²) in [6.07, 6.45) is 0. The van der Waals surface area contributed by atoms with Crippen LogP contribution in [0.25, 0.3) is 22.1 Å². The molecule has 0 saturated heterocycles. The van der Waals surface area contributed by atoms with E-state index in [1.54, 1.807) is 31.2 Å². The number of nitro benzene ring substituents is 1. The van der Waals surface area contributed by atoms with Crippen molar-refractivity contribution in [2.75, 3.05) is 13.7 Å². The van der Waals surface area contributed by atoms with E-state index >= 15 is 0 Å². The highest BCUT2D eigenvalue weighted by molar-refractivity contribution is 5.99. The van der Waals surface area contributed by atoms with Gasteiger partial charge in [-0.05, 0) is 37.3 Å². The fourth-order valence-corrected chi connectivity index (χ4v) is 3.56. The monoisotopic (exact) mass is 489 g/mol. The maximum Gasteiger partial charge on any atom is 0.375 e. The minimum atomic E-state index is -0.842. The lowest BCUT2D eigenvalue weighted by Gasteiger charge is -2.13. The van der Waals surface area contributed by atoms with E-state index in [0.717, 1.165) is 0 Å². The topological polar surface area (TPSA) is 135 Å². The standard InChI is InChI=1S/C26H19NO9/c1-3-34-26(30)24-22(18-6-4-5-7-20(18)33-2)23(28)19-13-12-17(14-21(19)36-24)35-25(29)15-8-10-16(11-9-15)27(31)32/h4-14H,3H2,1-2H3. The summed E-state index contributed by atoms with van der Waals surface area (Å²) in [5.74, 6) is -1.54. The molecule has 10 heteroatoms. The van der Waals surface area contributed by atoms with E-state index in [2.05, 4.69) is 0 Å². The molecule has 36 heavy (non-hydrogen) atoms. The van der Waals surface area contributed by atoms with Gasteiger partial charge >= 0.3 is 11.9 Å². The highest BCUT2D eigenvalue weighted by atomic mass is 16.6. The highest BCUT2D eigenvalue weighted by Crippen LogP contribution is 2.33. The van der Waals surface area contributed by atoms with Gasteiger partial charge in [0.1, 0.15) is 17.1 Å². The number of nitrogens with zero attached hydrogens (tertiary/aromatic N) is 1. The first-order chi connectivity index (χ1) is 17.3. The van der Waals surface area contributed by atoms with Crippen molar-refractivity contribution in [3.05, 3.63) is 98.4 Å². The first-order valence-electron chi connectivity index (χ1n) is 10.7. The largest absolute Gasteiger partial charge is 0.496 e. The van der Waals surface area contributed by atoms with E-state index in [0.29, 0.717) is 11.3 Å². The van der Waals surface area contributed by atoms with Crippen LogP contribution in [0.15, 0.2) is 75.9 Å². The van der Waals surface area contributed by atoms with Crippen molar-refractivity contribution in [1.82, 2.24) is 0 Å². The average molecular weight is 489 g/mol. The van der Waals surface area contributed by atoms with E-state index in [4.69, 9.17) is 18.6 Å². The molecule has 0 saturated carbocycles. The molecule has 4 rings (SSSR count). The lowest BCUT2D eigenvalue weighted by Crippen LogP contribution is -2.15. The molecule has 0 N–H and O–H groups in total. The van der Waals surface area contributed by atoms with Gasteiger partial charge in [0.15, 0.2) is 0 Å². The SMILES string of the molecule is CCOC(=O)c1oc2cc(OC(=O)c3ccc([N+](=O)[O-])cc3)ccc2c(=O)c1-c1ccccc1OC. The van der Waals surface area contributed by atoms with Gasteiger partial charge in [-0.3, -0.25) is 14.9 Å². The Balaban J connectivity index is 1.78. The zero-order valence-corrected chi connectivity index (χ0v) is 19.2. The fourth-order valence-electron chi connectivity index (χ4n) is 3.56. The predicted octanol–water partition coefficient (Wildman–Crippen LogP) is 4.77. The van der Waals surface area contributed by atoms with Crippen LogP contribution in [-0.2, 0) is 4.74 Å². The van der Waals surface area contributed by atoms with Gasteiger partial charge < -0.3 is 18.6 Å². The third-order valence-electron chi connectivity index (χ3n) is 5.23. The number of rotatable bonds is 7. The molecule has 182 valence electrons. The van der Waals surface area contributed by atoms with Crippen LogP contribution in [0.2, 0.25) is 0 Å². The van der Waals surface area contributed by atoms with Crippen LogP contribution < -0.4 is 14.9 Å². The number of para-hydroxylation sites is 1. The van der Waals surface area contributed by atoms with Gasteiger partial charge in [-0.15, -0.1) is 0 Å². The van der Waals surface area contributed by atoms with Crippen LogP contribution >= 0.6 is 0 Å². The van der Waals surface area contributed by atoms with Crippen LogP contribution in [0.3, 0.4) is 0 Å². The van der Waals surface area contributed by atoms with Crippen LogP contribution in [0.1, 0.15) is 27.8 Å². The van der Waals surface area contributed by atoms with Gasteiger partial charge in [-0.2, -0.15) is 0 Å². The number of methoxy groups -OCH3 is 1. The van der Waals surface area contributed by atoms with Crippen molar-refractivity contribution < 1.29 is 33.1 Å². The second kappa shape index (κ2) is 10.1. The van der Waals surface area contributed by atoms with Crippen molar-refractivity contribution in [3.63, 3.8) is 0 Å². The van der Waals surface area contributed by atoms with Gasteiger partial charge in [0, 0.05) is 23.8 Å². The number of esters is 2. The zero-order chi connectivity index (χ0) is 25.8. The Labute approximate surface area is 203 Å². The summed E-state index contributed by atoms with van der Waals surface area (Å²) < 4.78 is 21.6. The second-order valence-electron chi connectivity index (χ2n) is 7.41. The third kappa shape index (κ3) is 4.64. The highest BCUT2D eigenvalue weighted by Gasteiger charge is 2.25. The number of fused-ring (bicyclic) bond motifs is 1. The minimum Gasteiger partial charge on any atom is -0.496 e. The summed E-state index contributed by atoms with van der Waals surface area (Å²) in [6, 6.07) is 15.7. The van der Waals surface area contributed by atoms with Gasteiger partial charge in [0.25, 0.3) is 5.69 Å². The van der Waals surface area contributed by atoms with Crippen LogP contribution in [0.5, 0.6) is 11.5 Å². The van der Waals surface area contributed by atoms with Gasteiger partial charge in [0.05, 0.1) is 35.2 Å². The van der Waals surface area contributed by atoms with Gasteiger partial charge in [-0.25, -0.2) is 9.59 Å². The number of carbonyl (C=O) groups excluding carboxylic acids is 2. The first kappa shape index (κ1) is 24.1. The molecule has 1 aromatic heterocycles. The van der Waals surface area contributed by atoms with Crippen LogP contribution in [-0.4, -0.2) is 30.6 Å². The van der Waals surface area contributed by atoms with Crippen molar-refractivity contribution in [2.45, 2.75) is 6.92 Å². The molecule has 0 spiro atoms. The quantitative estimate of drug-likeness (QED) is 0.156. The van der Waals surface area contributed by atoms with Crippen molar-refractivity contribution >= 4 is 28.6 Å². The molecule has 0 radical (unpaired) electrons. The van der Waals surface area contributed by atoms with Crippen LogP contribution in [0, 0.1) is 10.1 Å². The molecule has 0 bridgehead atoms. The lowest BCUT2D eigenvalue weighted by molar-refractivity contribution is -0.384. The molecule has 3 aromatic carbocycles. The number of nitro groups is 1. The Morgan fingerprint density at radius 3 is 2.39 bits per heavy atom. The Morgan fingerprint density at radius 2 is 1.72 bits per heavy atom. The molecule has 4 aromatic rings. The molecule has 0 aliphatic rings. The predicted molar refractivity (Wildman–Crippen MR) is 128 cm³/mol. The molecule has 0 fully saturated rings. The number of non-ortho nitro benzene ring substituents is 1. The number of carbonyl (C=O) groups is 2. The minimum absolute atomic E-state index is 0.00398. The summed E-state index contributed by atoms with van der Waals surface area (Å²) in [4.78, 5) is 48.9. The number of benzene rings is 3. The van der Waals surface area contributed by atoms with E-state index in [-0.39, 0.29) is 45.9 Å². The van der Waals surface area contributed by atoms with E-state index in [1.807, 2.05) is 0 Å². The van der Waals surface area contributed by atoms with Crippen molar-refractivity contribution in [3.8, 4) is 22.6 Å². The van der Waals surface area contributed by atoms with E-state index in [9.17, 15) is 24.5 Å². The smallest absolute Gasteiger partial charge is 0.375 e. The van der Waals surface area contributed by atoms with Gasteiger partial charge in [0.2, 0.25) is 11.2 Å². The summed E-state index contributed by atoms with van der Waals surface area (Å²) in [5.41, 5.74) is -0.258. The molecule has 10 nitrogen and oxygen atoms in total. The lowest BCUT2D eigenvalue weighted by atomic mass is 10.0. The molecule has 0 amide bonds. The summed E-state index contributed by atoms with van der Waals surface area (Å²) in [5, 5.41) is 10.9. The summed E-state index contributed by atoms with van der Waals surface area (Å²) >= 11 is 0. The molecular weight excluding hydrogens is 470 g/mol. The van der Waals surface area contributed by atoms with Gasteiger partial charge in [-0.1, -0.05) is 18.2 Å². The first-order valence-corrected chi connectivity index (χ1v) is 10.7. The Kier molecular flexibility index (Phi) is 6.77.